The van der Waals surface area contributed by atoms with E-state index in [9.17, 15) is 9.18 Å². The molecule has 0 bridgehead atoms. The first-order valence-corrected chi connectivity index (χ1v) is 12.0. The monoisotopic (exact) mass is 492 g/mol. The normalized spacial score (nSPS) is 14.8. The minimum absolute atomic E-state index is 0.0186. The van der Waals surface area contributed by atoms with Crippen molar-refractivity contribution in [1.82, 2.24) is 14.3 Å². The van der Waals surface area contributed by atoms with Gasteiger partial charge < -0.3 is 18.9 Å². The van der Waals surface area contributed by atoms with Crippen LogP contribution in [-0.2, 0) is 4.79 Å². The molecular formula is C27H26ClFN4O2. The van der Waals surface area contributed by atoms with Crippen molar-refractivity contribution in [2.24, 2.45) is 0 Å². The number of pyridine rings is 1. The first-order valence-electron chi connectivity index (χ1n) is 11.6. The number of anilines is 1. The number of ether oxygens (including phenoxy) is 1. The van der Waals surface area contributed by atoms with E-state index in [0.29, 0.717) is 42.4 Å². The number of imidazole rings is 1. The lowest BCUT2D eigenvalue weighted by molar-refractivity contribution is -0.131. The summed E-state index contributed by atoms with van der Waals surface area (Å²) in [5.74, 6) is -0.0410. The molecule has 4 aromatic rings. The van der Waals surface area contributed by atoms with E-state index in [4.69, 9.17) is 16.3 Å². The maximum Gasteiger partial charge on any atom is 0.223 e. The van der Waals surface area contributed by atoms with Crippen molar-refractivity contribution >= 4 is 28.8 Å². The van der Waals surface area contributed by atoms with E-state index in [-0.39, 0.29) is 18.1 Å². The first kappa shape index (κ1) is 23.2. The molecule has 1 amide bonds. The summed E-state index contributed by atoms with van der Waals surface area (Å²) in [5.41, 5.74) is 2.92. The van der Waals surface area contributed by atoms with E-state index < -0.39 is 5.92 Å². The quantitative estimate of drug-likeness (QED) is 0.380. The Bertz CT molecular complexity index is 1350. The predicted molar refractivity (Wildman–Crippen MR) is 135 cm³/mol. The lowest BCUT2D eigenvalue weighted by Gasteiger charge is -2.37. The van der Waals surface area contributed by atoms with Crippen molar-refractivity contribution in [1.29, 1.82) is 0 Å². The average Bonchev–Trinajstić information content (AvgIpc) is 3.30. The zero-order chi connectivity index (χ0) is 24.4. The molecule has 0 aliphatic carbocycles. The van der Waals surface area contributed by atoms with Crippen molar-refractivity contribution in [3.05, 3.63) is 95.2 Å². The molecule has 0 radical (unpaired) electrons. The third-order valence-electron chi connectivity index (χ3n) is 6.57. The average molecular weight is 493 g/mol. The third kappa shape index (κ3) is 4.68. The van der Waals surface area contributed by atoms with Gasteiger partial charge in [0.15, 0.2) is 0 Å². The Hall–Kier alpha value is -3.58. The van der Waals surface area contributed by atoms with Crippen molar-refractivity contribution < 1.29 is 13.9 Å². The number of carbonyl (C=O) groups excluding carboxylic acids is 1. The fourth-order valence-corrected chi connectivity index (χ4v) is 4.91. The van der Waals surface area contributed by atoms with Gasteiger partial charge in [-0.3, -0.25) is 4.79 Å². The highest BCUT2D eigenvalue weighted by molar-refractivity contribution is 6.30. The topological polar surface area (TPSA) is 50.1 Å². The van der Waals surface area contributed by atoms with Crippen LogP contribution in [0.25, 0.3) is 5.65 Å². The highest BCUT2D eigenvalue weighted by Crippen LogP contribution is 2.33. The lowest BCUT2D eigenvalue weighted by atomic mass is 9.91. The van der Waals surface area contributed by atoms with Crippen LogP contribution in [0.1, 0.15) is 23.6 Å². The number of fused-ring (bicyclic) bond motifs is 1. The fourth-order valence-electron chi connectivity index (χ4n) is 4.75. The fraction of sp³-hybridized carbons (Fsp3) is 0.259. The van der Waals surface area contributed by atoms with Gasteiger partial charge in [0.25, 0.3) is 0 Å². The SMILES string of the molecule is COc1ccccc1N1CCN(C(=O)CC(c2ccccc2F)c2cnc3ccc(Cl)cn23)CC1. The van der Waals surface area contributed by atoms with Crippen molar-refractivity contribution in [3.8, 4) is 5.75 Å². The van der Waals surface area contributed by atoms with E-state index >= 15 is 0 Å². The van der Waals surface area contributed by atoms with Crippen LogP contribution in [0.15, 0.2) is 73.1 Å². The number of para-hydroxylation sites is 2. The number of hydrogen-bond acceptors (Lipinski definition) is 4. The number of carbonyl (C=O) groups is 1. The zero-order valence-corrected chi connectivity index (χ0v) is 20.2. The van der Waals surface area contributed by atoms with E-state index in [1.54, 1.807) is 43.8 Å². The number of aromatic nitrogens is 2. The number of halogens is 2. The number of rotatable bonds is 6. The van der Waals surface area contributed by atoms with Crippen LogP contribution >= 0.6 is 11.6 Å². The molecule has 1 aliphatic heterocycles. The molecule has 3 heterocycles. The maximum atomic E-state index is 14.9. The van der Waals surface area contributed by atoms with Crippen molar-refractivity contribution in [3.63, 3.8) is 0 Å². The van der Waals surface area contributed by atoms with E-state index in [2.05, 4.69) is 9.88 Å². The highest BCUT2D eigenvalue weighted by Gasteiger charge is 2.29. The second-order valence-electron chi connectivity index (χ2n) is 8.58. The minimum atomic E-state index is -0.496. The van der Waals surface area contributed by atoms with E-state index in [1.807, 2.05) is 39.6 Å². The number of hydrogen-bond donors (Lipinski definition) is 0. The molecule has 1 fully saturated rings. The van der Waals surface area contributed by atoms with Gasteiger partial charge in [-0.25, -0.2) is 9.37 Å². The van der Waals surface area contributed by atoms with Gasteiger partial charge in [0.2, 0.25) is 5.91 Å². The molecule has 5 rings (SSSR count). The van der Waals surface area contributed by atoms with Gasteiger partial charge in [0.05, 0.1) is 23.5 Å². The Morgan fingerprint density at radius 1 is 1.06 bits per heavy atom. The number of benzene rings is 2. The first-order chi connectivity index (χ1) is 17.0. The molecule has 180 valence electrons. The molecule has 1 unspecified atom stereocenters. The van der Waals surface area contributed by atoms with Gasteiger partial charge in [-0.2, -0.15) is 0 Å². The van der Waals surface area contributed by atoms with Crippen LogP contribution in [0.4, 0.5) is 10.1 Å². The second kappa shape index (κ2) is 9.96. The summed E-state index contributed by atoms with van der Waals surface area (Å²) >= 11 is 6.23. The van der Waals surface area contributed by atoms with Crippen LogP contribution in [0.2, 0.25) is 5.02 Å². The minimum Gasteiger partial charge on any atom is -0.495 e. The van der Waals surface area contributed by atoms with Gasteiger partial charge in [-0.05, 0) is 35.9 Å². The molecule has 35 heavy (non-hydrogen) atoms. The summed E-state index contributed by atoms with van der Waals surface area (Å²) in [6, 6.07) is 18.1. The van der Waals surface area contributed by atoms with Gasteiger partial charge in [0.1, 0.15) is 17.2 Å². The Balaban J connectivity index is 1.38. The molecule has 1 saturated heterocycles. The van der Waals surface area contributed by atoms with Crippen LogP contribution < -0.4 is 9.64 Å². The predicted octanol–water partition coefficient (Wildman–Crippen LogP) is 5.01. The molecule has 0 spiro atoms. The summed E-state index contributed by atoms with van der Waals surface area (Å²) in [5, 5.41) is 0.544. The molecule has 2 aromatic heterocycles. The number of nitrogens with zero attached hydrogens (tertiary/aromatic N) is 4. The number of piperazine rings is 1. The summed E-state index contributed by atoms with van der Waals surface area (Å²) in [7, 11) is 1.66. The summed E-state index contributed by atoms with van der Waals surface area (Å²) < 4.78 is 22.2. The van der Waals surface area contributed by atoms with Gasteiger partial charge in [0, 0.05) is 50.9 Å². The van der Waals surface area contributed by atoms with E-state index in [0.717, 1.165) is 17.1 Å². The molecule has 6 nitrogen and oxygen atoms in total. The van der Waals surface area contributed by atoms with Crippen LogP contribution in [0.3, 0.4) is 0 Å². The summed E-state index contributed by atoms with van der Waals surface area (Å²) in [6.07, 6.45) is 3.59. The van der Waals surface area contributed by atoms with Crippen molar-refractivity contribution in [2.45, 2.75) is 12.3 Å². The molecule has 1 aliphatic rings. The van der Waals surface area contributed by atoms with Gasteiger partial charge >= 0.3 is 0 Å². The highest BCUT2D eigenvalue weighted by atomic mass is 35.5. The Labute approximate surface area is 208 Å². The van der Waals surface area contributed by atoms with Crippen LogP contribution in [-0.4, -0.2) is 53.5 Å². The largest absolute Gasteiger partial charge is 0.495 e. The molecule has 1 atom stereocenters. The van der Waals surface area contributed by atoms with Gasteiger partial charge in [-0.15, -0.1) is 0 Å². The number of amides is 1. The third-order valence-corrected chi connectivity index (χ3v) is 6.80. The second-order valence-corrected chi connectivity index (χ2v) is 9.01. The summed E-state index contributed by atoms with van der Waals surface area (Å²) in [4.78, 5) is 22.0. The molecule has 8 heteroatoms. The number of methoxy groups -OCH3 is 1. The van der Waals surface area contributed by atoms with Gasteiger partial charge in [-0.1, -0.05) is 41.9 Å². The molecule has 0 N–H and O–H groups in total. The van der Waals surface area contributed by atoms with E-state index in [1.165, 1.54) is 6.07 Å². The molecular weight excluding hydrogens is 467 g/mol. The van der Waals surface area contributed by atoms with Crippen LogP contribution in [0.5, 0.6) is 5.75 Å². The molecule has 0 saturated carbocycles. The standard InChI is InChI=1S/C27H26ClFN4O2/c1-35-25-9-5-4-8-23(25)31-12-14-32(15-13-31)27(34)16-21(20-6-2-3-7-22(20)29)24-17-30-26-11-10-19(28)18-33(24)26/h2-11,17-18,21H,12-16H2,1H3. The summed E-state index contributed by atoms with van der Waals surface area (Å²) in [6.45, 7) is 2.56. The van der Waals surface area contributed by atoms with Crippen LogP contribution in [0, 0.1) is 5.82 Å². The smallest absolute Gasteiger partial charge is 0.223 e. The van der Waals surface area contributed by atoms with Crippen molar-refractivity contribution in [2.75, 3.05) is 38.2 Å². The Morgan fingerprint density at radius 2 is 1.80 bits per heavy atom. The maximum absolute atomic E-state index is 14.9. The zero-order valence-electron chi connectivity index (χ0n) is 19.4. The lowest BCUT2D eigenvalue weighted by Crippen LogP contribution is -2.49. The molecule has 2 aromatic carbocycles. The Morgan fingerprint density at radius 3 is 2.57 bits per heavy atom. The Kier molecular flexibility index (Phi) is 6.59.